The molecule has 0 aliphatic carbocycles. The smallest absolute Gasteiger partial charge is 0.254 e. The molecule has 6 heteroatoms. The quantitative estimate of drug-likeness (QED) is 0.712. The number of hydrogen-bond donors (Lipinski definition) is 1. The largest absolute Gasteiger partial charge is 0.497 e. The summed E-state index contributed by atoms with van der Waals surface area (Å²) >= 11 is 0. The summed E-state index contributed by atoms with van der Waals surface area (Å²) in [4.78, 5) is 32.2. The second kappa shape index (κ2) is 8.37. The van der Waals surface area contributed by atoms with Crippen LogP contribution in [-0.4, -0.2) is 35.9 Å². The molecule has 0 radical (unpaired) electrons. The van der Waals surface area contributed by atoms with Crippen molar-refractivity contribution in [2.75, 3.05) is 14.2 Å². The van der Waals surface area contributed by atoms with Crippen molar-refractivity contribution in [2.45, 2.75) is 18.5 Å². The molecule has 4 rings (SSSR count). The standard InChI is InChI=1S/C24H23N3O3/c1-27-22(17-9-11-18(30-2)12-10-17)21(19-7-3-4-8-20(19)24(27)29)23(28)26-15-16-6-5-13-25-14-16/h3-14,21-22H,15H2,1-2H3,(H,26,28)/t21-,22-/m0/s1. The van der Waals surface area contributed by atoms with E-state index in [4.69, 9.17) is 4.74 Å². The molecule has 0 fully saturated rings. The van der Waals surface area contributed by atoms with Gasteiger partial charge >= 0.3 is 0 Å². The lowest BCUT2D eigenvalue weighted by molar-refractivity contribution is -0.124. The minimum absolute atomic E-state index is 0.0947. The van der Waals surface area contributed by atoms with Gasteiger partial charge < -0.3 is 15.0 Å². The van der Waals surface area contributed by atoms with Gasteiger partial charge in [-0.1, -0.05) is 36.4 Å². The van der Waals surface area contributed by atoms with Gasteiger partial charge in [-0.15, -0.1) is 0 Å². The first-order valence-corrected chi connectivity index (χ1v) is 9.77. The van der Waals surface area contributed by atoms with Crippen LogP contribution in [0.5, 0.6) is 5.75 Å². The van der Waals surface area contributed by atoms with Crippen molar-refractivity contribution in [3.8, 4) is 5.75 Å². The van der Waals surface area contributed by atoms with Crippen molar-refractivity contribution in [2.24, 2.45) is 0 Å². The number of aromatic nitrogens is 1. The average Bonchev–Trinajstić information content (AvgIpc) is 2.80. The Morgan fingerprint density at radius 2 is 1.87 bits per heavy atom. The van der Waals surface area contributed by atoms with Gasteiger partial charge in [-0.2, -0.15) is 0 Å². The molecular weight excluding hydrogens is 378 g/mol. The van der Waals surface area contributed by atoms with Crippen LogP contribution in [0.3, 0.4) is 0 Å². The van der Waals surface area contributed by atoms with Gasteiger partial charge in [0.1, 0.15) is 5.75 Å². The number of carbonyl (C=O) groups is 2. The molecule has 2 amide bonds. The lowest BCUT2D eigenvalue weighted by Gasteiger charge is -2.39. The molecule has 1 aromatic heterocycles. The van der Waals surface area contributed by atoms with E-state index in [0.717, 1.165) is 22.4 Å². The molecule has 0 unspecified atom stereocenters. The van der Waals surface area contributed by atoms with Gasteiger partial charge in [0.15, 0.2) is 0 Å². The molecule has 6 nitrogen and oxygen atoms in total. The summed E-state index contributed by atoms with van der Waals surface area (Å²) in [5.41, 5.74) is 3.10. The van der Waals surface area contributed by atoms with Crippen LogP contribution in [0.2, 0.25) is 0 Å². The number of benzene rings is 2. The zero-order valence-electron chi connectivity index (χ0n) is 16.9. The summed E-state index contributed by atoms with van der Waals surface area (Å²) in [6.07, 6.45) is 3.43. The summed E-state index contributed by atoms with van der Waals surface area (Å²) in [5.74, 6) is -0.0373. The normalized spacial score (nSPS) is 17.9. The topological polar surface area (TPSA) is 71.5 Å². The molecule has 30 heavy (non-hydrogen) atoms. The third kappa shape index (κ3) is 3.64. The Bertz CT molecular complexity index is 1050. The Morgan fingerprint density at radius 1 is 1.10 bits per heavy atom. The van der Waals surface area contributed by atoms with E-state index in [1.807, 2.05) is 54.6 Å². The lowest BCUT2D eigenvalue weighted by Crippen LogP contribution is -2.45. The van der Waals surface area contributed by atoms with Gasteiger partial charge in [-0.3, -0.25) is 14.6 Å². The molecule has 152 valence electrons. The van der Waals surface area contributed by atoms with Crippen molar-refractivity contribution >= 4 is 11.8 Å². The van der Waals surface area contributed by atoms with Crippen LogP contribution in [0.1, 0.15) is 39.0 Å². The third-order valence-electron chi connectivity index (χ3n) is 5.51. The van der Waals surface area contributed by atoms with E-state index in [-0.39, 0.29) is 11.8 Å². The first-order valence-electron chi connectivity index (χ1n) is 9.77. The second-order valence-corrected chi connectivity index (χ2v) is 7.28. The van der Waals surface area contributed by atoms with E-state index < -0.39 is 12.0 Å². The maximum absolute atomic E-state index is 13.4. The Balaban J connectivity index is 1.72. The molecule has 1 aliphatic heterocycles. The van der Waals surface area contributed by atoms with Crippen molar-refractivity contribution in [1.82, 2.24) is 15.2 Å². The van der Waals surface area contributed by atoms with Gasteiger partial charge in [0.05, 0.1) is 19.1 Å². The van der Waals surface area contributed by atoms with Crippen LogP contribution in [0.25, 0.3) is 0 Å². The summed E-state index contributed by atoms with van der Waals surface area (Å²) in [6, 6.07) is 18.2. The van der Waals surface area contributed by atoms with Gasteiger partial charge in [0, 0.05) is 31.5 Å². The molecule has 0 saturated carbocycles. The van der Waals surface area contributed by atoms with Gasteiger partial charge in [0.2, 0.25) is 5.91 Å². The number of hydrogen-bond acceptors (Lipinski definition) is 4. The number of ether oxygens (including phenoxy) is 1. The van der Waals surface area contributed by atoms with Crippen molar-refractivity contribution < 1.29 is 14.3 Å². The first-order chi connectivity index (χ1) is 14.6. The monoisotopic (exact) mass is 401 g/mol. The molecule has 3 aromatic rings. The first kappa shape index (κ1) is 19.6. The number of nitrogens with one attached hydrogen (secondary N) is 1. The summed E-state index contributed by atoms with van der Waals surface area (Å²) in [6.45, 7) is 0.373. The number of pyridine rings is 1. The number of likely N-dealkylation sites (N-methyl/N-ethyl adjacent to an activating group) is 1. The van der Waals surface area contributed by atoms with Crippen LogP contribution in [0, 0.1) is 0 Å². The Labute approximate surface area is 175 Å². The minimum Gasteiger partial charge on any atom is -0.497 e. The molecule has 1 N–H and O–H groups in total. The third-order valence-corrected chi connectivity index (χ3v) is 5.51. The zero-order chi connectivity index (χ0) is 21.1. The fourth-order valence-corrected chi connectivity index (χ4v) is 3.98. The summed E-state index contributed by atoms with van der Waals surface area (Å²) < 4.78 is 5.26. The van der Waals surface area contributed by atoms with Crippen LogP contribution in [0.15, 0.2) is 73.1 Å². The van der Waals surface area contributed by atoms with E-state index in [0.29, 0.717) is 12.1 Å². The highest BCUT2D eigenvalue weighted by atomic mass is 16.5. The molecule has 0 saturated heterocycles. The zero-order valence-corrected chi connectivity index (χ0v) is 16.9. The maximum Gasteiger partial charge on any atom is 0.254 e. The predicted molar refractivity (Wildman–Crippen MR) is 113 cm³/mol. The maximum atomic E-state index is 13.4. The van der Waals surface area contributed by atoms with E-state index in [1.165, 1.54) is 0 Å². The molecule has 0 spiro atoms. The highest BCUT2D eigenvalue weighted by Crippen LogP contribution is 2.42. The Morgan fingerprint density at radius 3 is 2.57 bits per heavy atom. The van der Waals surface area contributed by atoms with Crippen LogP contribution in [-0.2, 0) is 11.3 Å². The molecule has 1 aliphatic rings. The number of amides is 2. The van der Waals surface area contributed by atoms with E-state index in [1.54, 1.807) is 37.5 Å². The van der Waals surface area contributed by atoms with Crippen molar-refractivity contribution in [3.05, 3.63) is 95.3 Å². The van der Waals surface area contributed by atoms with E-state index in [9.17, 15) is 9.59 Å². The molecule has 2 atom stereocenters. The van der Waals surface area contributed by atoms with Gasteiger partial charge in [-0.25, -0.2) is 0 Å². The molecule has 0 bridgehead atoms. The van der Waals surface area contributed by atoms with Crippen LogP contribution < -0.4 is 10.1 Å². The van der Waals surface area contributed by atoms with Gasteiger partial charge in [0.25, 0.3) is 5.91 Å². The SMILES string of the molecule is COc1ccc([C@H]2[C@@H](C(=O)NCc3cccnc3)c3ccccc3C(=O)N2C)cc1. The Kier molecular flexibility index (Phi) is 5.48. The number of nitrogens with zero attached hydrogens (tertiary/aromatic N) is 2. The fraction of sp³-hybridized carbons (Fsp3) is 0.208. The van der Waals surface area contributed by atoms with Crippen molar-refractivity contribution in [1.29, 1.82) is 0 Å². The number of methoxy groups -OCH3 is 1. The van der Waals surface area contributed by atoms with E-state index in [2.05, 4.69) is 10.3 Å². The molecule has 2 aromatic carbocycles. The highest BCUT2D eigenvalue weighted by Gasteiger charge is 2.42. The van der Waals surface area contributed by atoms with Crippen molar-refractivity contribution in [3.63, 3.8) is 0 Å². The van der Waals surface area contributed by atoms with Crippen LogP contribution in [0.4, 0.5) is 0 Å². The molecule has 2 heterocycles. The summed E-state index contributed by atoms with van der Waals surface area (Å²) in [5, 5.41) is 3.03. The summed E-state index contributed by atoms with van der Waals surface area (Å²) in [7, 11) is 3.35. The fourth-order valence-electron chi connectivity index (χ4n) is 3.98. The Hall–Kier alpha value is -3.67. The highest BCUT2D eigenvalue weighted by molar-refractivity contribution is 6.01. The predicted octanol–water partition coefficient (Wildman–Crippen LogP) is 3.32. The van der Waals surface area contributed by atoms with Gasteiger partial charge in [-0.05, 0) is 41.0 Å². The average molecular weight is 401 g/mol. The number of fused-ring (bicyclic) bond motifs is 1. The molecular formula is C24H23N3O3. The second-order valence-electron chi connectivity index (χ2n) is 7.28. The van der Waals surface area contributed by atoms with Crippen LogP contribution >= 0.6 is 0 Å². The van der Waals surface area contributed by atoms with E-state index >= 15 is 0 Å². The lowest BCUT2D eigenvalue weighted by atomic mass is 9.79. The number of carbonyl (C=O) groups excluding carboxylic acids is 2. The minimum atomic E-state index is -0.533. The number of rotatable bonds is 5.